The van der Waals surface area contributed by atoms with E-state index in [1.54, 1.807) is 0 Å². The monoisotopic (exact) mass is 128 g/mol. The van der Waals surface area contributed by atoms with Gasteiger partial charge in [0.25, 0.3) is 0 Å². The molecule has 0 spiro atoms. The number of hydrogen-bond donors (Lipinski definition) is 1. The van der Waals surface area contributed by atoms with E-state index in [1.165, 1.54) is 0 Å². The molecule has 3 nitrogen and oxygen atoms in total. The van der Waals surface area contributed by atoms with Crippen molar-refractivity contribution < 1.29 is 14.6 Å². The Hall–Kier alpha value is -0.830. The Kier molecular flexibility index (Phi) is 1.53. The Morgan fingerprint density at radius 3 is 2.78 bits per heavy atom. The van der Waals surface area contributed by atoms with Crippen LogP contribution in [0.15, 0.2) is 12.2 Å². The summed E-state index contributed by atoms with van der Waals surface area (Å²) in [6.07, 6.45) is 0.601. The van der Waals surface area contributed by atoms with Crippen LogP contribution >= 0.6 is 0 Å². The summed E-state index contributed by atoms with van der Waals surface area (Å²) in [4.78, 5) is 10.1. The highest BCUT2D eigenvalue weighted by Crippen LogP contribution is 2.17. The first-order chi connectivity index (χ1) is 4.20. The third-order valence-corrected chi connectivity index (χ3v) is 1.18. The second-order valence-electron chi connectivity index (χ2n) is 2.07. The lowest BCUT2D eigenvalue weighted by atomic mass is 10.2. The van der Waals surface area contributed by atoms with Gasteiger partial charge in [-0.1, -0.05) is 6.58 Å². The molecule has 1 aliphatic heterocycles. The molecule has 1 heterocycles. The van der Waals surface area contributed by atoms with E-state index in [-0.39, 0.29) is 11.7 Å². The van der Waals surface area contributed by atoms with E-state index in [1.807, 2.05) is 0 Å². The Balaban J connectivity index is 2.25. The zero-order valence-electron chi connectivity index (χ0n) is 4.96. The third-order valence-electron chi connectivity index (χ3n) is 1.18. The molecule has 0 amide bonds. The smallest absolute Gasteiger partial charge is 0.331 e. The van der Waals surface area contributed by atoms with Gasteiger partial charge in [-0.15, -0.1) is 0 Å². The van der Waals surface area contributed by atoms with Gasteiger partial charge in [0.2, 0.25) is 0 Å². The number of carbonyl (C=O) groups is 1. The minimum atomic E-state index is -0.925. The predicted octanol–water partition coefficient (Wildman–Crippen LogP) is 0.416. The van der Waals surface area contributed by atoms with E-state index in [9.17, 15) is 4.79 Å². The van der Waals surface area contributed by atoms with Crippen LogP contribution in [-0.2, 0) is 9.53 Å². The van der Waals surface area contributed by atoms with Gasteiger partial charge in [0.05, 0.1) is 12.7 Å². The standard InChI is InChI=1S/C6H8O3/c1-4(6(7)8)2-5-3-9-5/h5H,1-3H2,(H,7,8)/t5-/m0/s1. The lowest BCUT2D eigenvalue weighted by Crippen LogP contribution is -2.01. The van der Waals surface area contributed by atoms with Crippen molar-refractivity contribution in [1.29, 1.82) is 0 Å². The van der Waals surface area contributed by atoms with E-state index >= 15 is 0 Å². The Morgan fingerprint density at radius 2 is 2.44 bits per heavy atom. The van der Waals surface area contributed by atoms with E-state index in [4.69, 9.17) is 9.84 Å². The van der Waals surface area contributed by atoms with Crippen molar-refractivity contribution in [1.82, 2.24) is 0 Å². The second kappa shape index (κ2) is 2.19. The maximum Gasteiger partial charge on any atom is 0.331 e. The minimum absolute atomic E-state index is 0.133. The molecule has 1 aliphatic rings. The summed E-state index contributed by atoms with van der Waals surface area (Å²) in [5.41, 5.74) is 0.234. The number of carboxylic acid groups (broad SMARTS) is 1. The van der Waals surface area contributed by atoms with Crippen LogP contribution in [0.25, 0.3) is 0 Å². The number of hydrogen-bond acceptors (Lipinski definition) is 2. The van der Waals surface area contributed by atoms with Crippen LogP contribution in [0.2, 0.25) is 0 Å². The van der Waals surface area contributed by atoms with E-state index in [2.05, 4.69) is 6.58 Å². The zero-order chi connectivity index (χ0) is 6.85. The summed E-state index contributed by atoms with van der Waals surface area (Å²) in [7, 11) is 0. The van der Waals surface area contributed by atoms with Gasteiger partial charge in [0.15, 0.2) is 0 Å². The third kappa shape index (κ3) is 1.85. The topological polar surface area (TPSA) is 49.8 Å². The maximum atomic E-state index is 10.1. The largest absolute Gasteiger partial charge is 0.478 e. The summed E-state index contributed by atoms with van der Waals surface area (Å²) < 4.78 is 4.81. The van der Waals surface area contributed by atoms with E-state index < -0.39 is 5.97 Å². The molecule has 0 radical (unpaired) electrons. The molecule has 0 aliphatic carbocycles. The fourth-order valence-electron chi connectivity index (χ4n) is 0.548. The van der Waals surface area contributed by atoms with Gasteiger partial charge in [0.1, 0.15) is 0 Å². The zero-order valence-corrected chi connectivity index (χ0v) is 4.96. The molecule has 1 saturated heterocycles. The van der Waals surface area contributed by atoms with Crippen LogP contribution < -0.4 is 0 Å². The molecule has 0 unspecified atom stereocenters. The van der Waals surface area contributed by atoms with Crippen LogP contribution in [0.4, 0.5) is 0 Å². The fraction of sp³-hybridized carbons (Fsp3) is 0.500. The number of aliphatic carboxylic acids is 1. The molecule has 1 fully saturated rings. The van der Waals surface area contributed by atoms with Crippen molar-refractivity contribution >= 4 is 5.97 Å². The van der Waals surface area contributed by atoms with Crippen LogP contribution in [0.3, 0.4) is 0 Å². The van der Waals surface area contributed by atoms with Gasteiger partial charge in [-0.3, -0.25) is 0 Å². The van der Waals surface area contributed by atoms with Crippen LogP contribution in [-0.4, -0.2) is 23.8 Å². The van der Waals surface area contributed by atoms with Gasteiger partial charge in [0, 0.05) is 12.0 Å². The number of carboxylic acids is 1. The molecule has 1 N–H and O–H groups in total. The van der Waals surface area contributed by atoms with Crippen LogP contribution in [0.1, 0.15) is 6.42 Å². The molecule has 0 saturated carbocycles. The van der Waals surface area contributed by atoms with Crippen molar-refractivity contribution in [3.8, 4) is 0 Å². The first-order valence-corrected chi connectivity index (χ1v) is 2.73. The molecule has 0 aromatic carbocycles. The first-order valence-electron chi connectivity index (χ1n) is 2.73. The summed E-state index contributed by atoms with van der Waals surface area (Å²) in [6, 6.07) is 0. The number of ether oxygens (including phenoxy) is 1. The molecule has 1 rings (SSSR count). The van der Waals surface area contributed by atoms with Crippen molar-refractivity contribution in [3.63, 3.8) is 0 Å². The summed E-state index contributed by atoms with van der Waals surface area (Å²) in [5.74, 6) is -0.925. The van der Waals surface area contributed by atoms with Crippen molar-refractivity contribution in [2.24, 2.45) is 0 Å². The molecular formula is C6H8O3. The van der Waals surface area contributed by atoms with E-state index in [0.29, 0.717) is 13.0 Å². The fourth-order valence-corrected chi connectivity index (χ4v) is 0.548. The Labute approximate surface area is 52.9 Å². The van der Waals surface area contributed by atoms with Crippen LogP contribution in [0, 0.1) is 0 Å². The molecule has 1 atom stereocenters. The summed E-state index contributed by atoms with van der Waals surface area (Å²) in [6.45, 7) is 4.04. The maximum absolute atomic E-state index is 10.1. The summed E-state index contributed by atoms with van der Waals surface area (Å²) >= 11 is 0. The first kappa shape index (κ1) is 6.29. The predicted molar refractivity (Wildman–Crippen MR) is 31.1 cm³/mol. The molecule has 9 heavy (non-hydrogen) atoms. The minimum Gasteiger partial charge on any atom is -0.478 e. The molecular weight excluding hydrogens is 120 g/mol. The Bertz CT molecular complexity index is 146. The average molecular weight is 128 g/mol. The molecule has 0 bridgehead atoms. The SMILES string of the molecule is C=C(C[C@H]1CO1)C(=O)O. The number of epoxide rings is 1. The summed E-state index contributed by atoms with van der Waals surface area (Å²) in [5, 5.41) is 8.30. The van der Waals surface area contributed by atoms with Crippen molar-refractivity contribution in [2.75, 3.05) is 6.61 Å². The van der Waals surface area contributed by atoms with E-state index in [0.717, 1.165) is 0 Å². The van der Waals surface area contributed by atoms with Gasteiger partial charge < -0.3 is 9.84 Å². The molecule has 50 valence electrons. The highest BCUT2D eigenvalue weighted by molar-refractivity contribution is 5.85. The van der Waals surface area contributed by atoms with Crippen molar-refractivity contribution in [2.45, 2.75) is 12.5 Å². The average Bonchev–Trinajstić information content (AvgIpc) is 2.50. The lowest BCUT2D eigenvalue weighted by molar-refractivity contribution is -0.132. The van der Waals surface area contributed by atoms with Gasteiger partial charge >= 0.3 is 5.97 Å². The van der Waals surface area contributed by atoms with Crippen molar-refractivity contribution in [3.05, 3.63) is 12.2 Å². The van der Waals surface area contributed by atoms with Gasteiger partial charge in [-0.2, -0.15) is 0 Å². The second-order valence-corrected chi connectivity index (χ2v) is 2.07. The lowest BCUT2D eigenvalue weighted by Gasteiger charge is -1.92. The molecule has 0 aromatic heterocycles. The van der Waals surface area contributed by atoms with Gasteiger partial charge in [-0.25, -0.2) is 4.79 Å². The van der Waals surface area contributed by atoms with Crippen LogP contribution in [0.5, 0.6) is 0 Å². The Morgan fingerprint density at radius 1 is 1.89 bits per heavy atom. The quantitative estimate of drug-likeness (QED) is 0.442. The molecule has 0 aromatic rings. The van der Waals surface area contributed by atoms with Gasteiger partial charge in [-0.05, 0) is 0 Å². The highest BCUT2D eigenvalue weighted by atomic mass is 16.6. The normalized spacial score (nSPS) is 23.3. The molecule has 3 heteroatoms. The number of rotatable bonds is 3. The highest BCUT2D eigenvalue weighted by Gasteiger charge is 2.24.